The lowest BCUT2D eigenvalue weighted by Crippen LogP contribution is -2.37. The van der Waals surface area contributed by atoms with Crippen LogP contribution in [-0.4, -0.2) is 51.8 Å². The van der Waals surface area contributed by atoms with Crippen molar-refractivity contribution in [1.82, 2.24) is 19.7 Å². The predicted octanol–water partition coefficient (Wildman–Crippen LogP) is 3.79. The van der Waals surface area contributed by atoms with Crippen LogP contribution in [0.3, 0.4) is 0 Å². The van der Waals surface area contributed by atoms with Gasteiger partial charge in [-0.15, -0.1) is 0 Å². The first-order valence-electron chi connectivity index (χ1n) is 10.0. The van der Waals surface area contributed by atoms with Crippen LogP contribution in [0.15, 0.2) is 48.5 Å². The van der Waals surface area contributed by atoms with Crippen LogP contribution in [0.25, 0.3) is 11.4 Å². The lowest BCUT2D eigenvalue weighted by atomic mass is 10.1. The molecule has 0 atom stereocenters. The highest BCUT2D eigenvalue weighted by Crippen LogP contribution is 2.20. The highest BCUT2D eigenvalue weighted by atomic mass is 32.1. The molecule has 2 heterocycles. The minimum atomic E-state index is -0.244. The van der Waals surface area contributed by atoms with E-state index in [1.807, 2.05) is 36.1 Å². The molecule has 0 saturated carbocycles. The van der Waals surface area contributed by atoms with Gasteiger partial charge in [0.1, 0.15) is 12.4 Å². The van der Waals surface area contributed by atoms with Gasteiger partial charge >= 0.3 is 0 Å². The molecule has 1 amide bonds. The predicted molar refractivity (Wildman–Crippen MR) is 117 cm³/mol. The number of halogens is 1. The summed E-state index contributed by atoms with van der Waals surface area (Å²) < 4.78 is 15.4. The zero-order chi connectivity index (χ0) is 21.1. The number of nitrogens with zero attached hydrogens (tertiary/aromatic N) is 4. The summed E-state index contributed by atoms with van der Waals surface area (Å²) >= 11 is 5.37. The Morgan fingerprint density at radius 3 is 2.53 bits per heavy atom. The average Bonchev–Trinajstić information content (AvgIpc) is 2.95. The van der Waals surface area contributed by atoms with Gasteiger partial charge in [0.25, 0.3) is 0 Å². The maximum absolute atomic E-state index is 13.2. The largest absolute Gasteiger partial charge is 0.370 e. The lowest BCUT2D eigenvalue weighted by molar-refractivity contribution is -0.131. The molecule has 1 fully saturated rings. The third-order valence-corrected chi connectivity index (χ3v) is 5.71. The number of hydrogen-bond donors (Lipinski definition) is 1. The van der Waals surface area contributed by atoms with Crippen LogP contribution in [0.2, 0.25) is 0 Å². The van der Waals surface area contributed by atoms with Crippen molar-refractivity contribution in [2.24, 2.45) is 0 Å². The summed E-state index contributed by atoms with van der Waals surface area (Å²) in [4.78, 5) is 17.1. The van der Waals surface area contributed by atoms with E-state index in [4.69, 9.17) is 12.2 Å². The number of H-pyrrole nitrogens is 1. The number of nitrogens with one attached hydrogen (secondary N) is 1. The fraction of sp³-hybridized carbons (Fsp3) is 0.318. The monoisotopic (exact) mass is 425 g/mol. The van der Waals surface area contributed by atoms with Gasteiger partial charge in [0.2, 0.25) is 5.91 Å². The molecule has 1 aliphatic heterocycles. The molecule has 156 valence electrons. The fourth-order valence-corrected chi connectivity index (χ4v) is 3.90. The molecule has 1 N–H and O–H groups in total. The second-order valence-electron chi connectivity index (χ2n) is 7.50. The number of aromatic amines is 1. The van der Waals surface area contributed by atoms with E-state index in [9.17, 15) is 9.18 Å². The van der Waals surface area contributed by atoms with Crippen LogP contribution in [-0.2, 0) is 11.3 Å². The van der Waals surface area contributed by atoms with Crippen molar-refractivity contribution >= 4 is 23.8 Å². The average molecular weight is 426 g/mol. The molecule has 30 heavy (non-hydrogen) atoms. The molecule has 3 aromatic rings. The second-order valence-corrected chi connectivity index (χ2v) is 7.89. The van der Waals surface area contributed by atoms with E-state index in [-0.39, 0.29) is 18.3 Å². The normalized spacial score (nSPS) is 14.6. The Kier molecular flexibility index (Phi) is 5.94. The number of benzene rings is 2. The molecule has 6 nitrogen and oxygen atoms in total. The second kappa shape index (κ2) is 8.79. The van der Waals surface area contributed by atoms with Crippen molar-refractivity contribution in [1.29, 1.82) is 0 Å². The van der Waals surface area contributed by atoms with Gasteiger partial charge in [0.05, 0.1) is 0 Å². The van der Waals surface area contributed by atoms with Gasteiger partial charge in [0, 0.05) is 37.4 Å². The summed E-state index contributed by atoms with van der Waals surface area (Å²) in [5.41, 5.74) is 3.05. The highest BCUT2D eigenvalue weighted by Gasteiger charge is 2.21. The van der Waals surface area contributed by atoms with Gasteiger partial charge in [-0.3, -0.25) is 14.5 Å². The summed E-state index contributed by atoms with van der Waals surface area (Å²) in [5, 5.41) is 7.14. The number of amides is 1. The van der Waals surface area contributed by atoms with E-state index in [0.29, 0.717) is 30.2 Å². The van der Waals surface area contributed by atoms with Gasteiger partial charge in [0.15, 0.2) is 10.6 Å². The molecule has 0 unspecified atom stereocenters. The number of anilines is 1. The van der Waals surface area contributed by atoms with Gasteiger partial charge in [-0.05, 0) is 49.8 Å². The number of carbonyl (C=O) groups is 1. The van der Waals surface area contributed by atoms with Crippen LogP contribution in [0.5, 0.6) is 0 Å². The molecule has 1 aromatic heterocycles. The van der Waals surface area contributed by atoms with E-state index in [2.05, 4.69) is 15.1 Å². The van der Waals surface area contributed by atoms with Crippen molar-refractivity contribution in [2.45, 2.75) is 19.9 Å². The van der Waals surface area contributed by atoms with Crippen molar-refractivity contribution in [3.05, 3.63) is 64.7 Å². The minimum Gasteiger partial charge on any atom is -0.370 e. The zero-order valence-corrected chi connectivity index (χ0v) is 17.7. The summed E-state index contributed by atoms with van der Waals surface area (Å²) in [7, 11) is 0. The van der Waals surface area contributed by atoms with Crippen molar-refractivity contribution in [3.63, 3.8) is 0 Å². The molecule has 0 bridgehead atoms. The smallest absolute Gasteiger partial charge is 0.242 e. The van der Waals surface area contributed by atoms with Gasteiger partial charge in [-0.25, -0.2) is 4.39 Å². The quantitative estimate of drug-likeness (QED) is 0.646. The first-order chi connectivity index (χ1) is 14.5. The van der Waals surface area contributed by atoms with Crippen molar-refractivity contribution in [3.8, 4) is 11.4 Å². The maximum Gasteiger partial charge on any atom is 0.242 e. The summed E-state index contributed by atoms with van der Waals surface area (Å²) in [6.07, 6.45) is 0.852. The van der Waals surface area contributed by atoms with Gasteiger partial charge < -0.3 is 9.80 Å². The number of carbonyl (C=O) groups excluding carboxylic acids is 1. The number of hydrogen-bond acceptors (Lipinski definition) is 4. The number of aromatic nitrogens is 3. The molecule has 1 saturated heterocycles. The Morgan fingerprint density at radius 1 is 1.07 bits per heavy atom. The fourth-order valence-electron chi connectivity index (χ4n) is 3.70. The molecule has 0 radical (unpaired) electrons. The topological polar surface area (TPSA) is 57.2 Å². The maximum atomic E-state index is 13.2. The first-order valence-corrected chi connectivity index (χ1v) is 10.4. The molecular formula is C22H24FN5OS. The molecule has 4 rings (SSSR count). The number of aryl methyl sites for hydroxylation is 1. The molecule has 1 aliphatic rings. The van der Waals surface area contributed by atoms with E-state index in [1.54, 1.807) is 16.7 Å². The van der Waals surface area contributed by atoms with E-state index in [0.717, 1.165) is 29.8 Å². The van der Waals surface area contributed by atoms with E-state index < -0.39 is 0 Å². The SMILES string of the molecule is Cc1ccc(-c2n[nH]c(=S)n2CC(=O)N2CCCN(c3ccc(F)cc3)CC2)cc1. The van der Waals surface area contributed by atoms with Crippen molar-refractivity contribution < 1.29 is 9.18 Å². The van der Waals surface area contributed by atoms with E-state index >= 15 is 0 Å². The summed E-state index contributed by atoms with van der Waals surface area (Å²) in [6, 6.07) is 14.5. The minimum absolute atomic E-state index is 0.0156. The highest BCUT2D eigenvalue weighted by molar-refractivity contribution is 7.71. The van der Waals surface area contributed by atoms with Crippen LogP contribution in [0.1, 0.15) is 12.0 Å². The third-order valence-electron chi connectivity index (χ3n) is 5.40. The summed E-state index contributed by atoms with van der Waals surface area (Å²) in [5.74, 6) is 0.435. The Morgan fingerprint density at radius 2 is 1.80 bits per heavy atom. The molecule has 0 aliphatic carbocycles. The standard InChI is InChI=1S/C22H24FN5OS/c1-16-3-5-17(6-4-16)21-24-25-22(30)28(21)15-20(29)27-12-2-11-26(13-14-27)19-9-7-18(23)8-10-19/h3-10H,2,11-15H2,1H3,(H,25,30). The molecular weight excluding hydrogens is 401 g/mol. The van der Waals surface area contributed by atoms with Crippen LogP contribution >= 0.6 is 12.2 Å². The Hall–Kier alpha value is -3.00. The van der Waals surface area contributed by atoms with Crippen molar-refractivity contribution in [2.75, 3.05) is 31.1 Å². The summed E-state index contributed by atoms with van der Waals surface area (Å²) in [6.45, 7) is 5.00. The van der Waals surface area contributed by atoms with Crippen LogP contribution < -0.4 is 4.90 Å². The van der Waals surface area contributed by atoms with Crippen LogP contribution in [0.4, 0.5) is 10.1 Å². The Bertz CT molecular complexity index is 1070. The lowest BCUT2D eigenvalue weighted by Gasteiger charge is -2.24. The molecule has 2 aromatic carbocycles. The van der Waals surface area contributed by atoms with Gasteiger partial charge in [-0.1, -0.05) is 29.8 Å². The van der Waals surface area contributed by atoms with E-state index in [1.165, 1.54) is 12.1 Å². The molecule has 8 heteroatoms. The van der Waals surface area contributed by atoms with Gasteiger partial charge in [-0.2, -0.15) is 5.10 Å². The zero-order valence-electron chi connectivity index (χ0n) is 16.8. The molecule has 0 spiro atoms. The van der Waals surface area contributed by atoms with Crippen LogP contribution in [0, 0.1) is 17.5 Å². The number of rotatable bonds is 4. The third kappa shape index (κ3) is 4.43. The Labute approximate surface area is 179 Å². The Balaban J connectivity index is 1.46. The first kappa shape index (κ1) is 20.3.